The number of nitrogens with zero attached hydrogens (tertiary/aromatic N) is 6. The number of fused-ring (bicyclic) bond motifs is 1. The van der Waals surface area contributed by atoms with E-state index in [1.54, 1.807) is 28.9 Å². The summed E-state index contributed by atoms with van der Waals surface area (Å²) < 4.78 is 3.61. The Balaban J connectivity index is 1.34. The van der Waals surface area contributed by atoms with Crippen LogP contribution in [-0.4, -0.2) is 47.3 Å². The number of rotatable bonds is 7. The van der Waals surface area contributed by atoms with Gasteiger partial charge in [-0.2, -0.15) is 0 Å². The van der Waals surface area contributed by atoms with Gasteiger partial charge < -0.3 is 15.2 Å². The van der Waals surface area contributed by atoms with Crippen LogP contribution in [0.2, 0.25) is 0 Å². The zero-order valence-corrected chi connectivity index (χ0v) is 17.8. The van der Waals surface area contributed by atoms with Gasteiger partial charge in [-0.25, -0.2) is 4.68 Å². The third-order valence-corrected chi connectivity index (χ3v) is 5.48. The Morgan fingerprint density at radius 1 is 0.968 bits per heavy atom. The van der Waals surface area contributed by atoms with E-state index < -0.39 is 0 Å². The SMILES string of the molecule is CC(=O)Nc1ccc(NC(=O)CSc2nnc(Cn3nnc4ccccc43)n2C)cc1. The van der Waals surface area contributed by atoms with E-state index in [1.165, 1.54) is 18.7 Å². The highest BCUT2D eigenvalue weighted by molar-refractivity contribution is 7.99. The smallest absolute Gasteiger partial charge is 0.234 e. The van der Waals surface area contributed by atoms with E-state index in [0.717, 1.165) is 11.0 Å². The molecule has 0 saturated heterocycles. The molecule has 31 heavy (non-hydrogen) atoms. The van der Waals surface area contributed by atoms with Crippen molar-refractivity contribution >= 4 is 46.0 Å². The van der Waals surface area contributed by atoms with Gasteiger partial charge in [0.25, 0.3) is 0 Å². The molecule has 0 spiro atoms. The summed E-state index contributed by atoms with van der Waals surface area (Å²) in [5.41, 5.74) is 3.06. The quantitative estimate of drug-likeness (QED) is 0.427. The lowest BCUT2D eigenvalue weighted by molar-refractivity contribution is -0.114. The summed E-state index contributed by atoms with van der Waals surface area (Å²) in [7, 11) is 1.86. The van der Waals surface area contributed by atoms with Crippen molar-refractivity contribution in [1.29, 1.82) is 0 Å². The van der Waals surface area contributed by atoms with Crippen LogP contribution < -0.4 is 10.6 Å². The van der Waals surface area contributed by atoms with E-state index in [-0.39, 0.29) is 17.6 Å². The molecule has 0 aliphatic heterocycles. The third kappa shape index (κ3) is 4.89. The number of aromatic nitrogens is 6. The van der Waals surface area contributed by atoms with Crippen LogP contribution >= 0.6 is 11.8 Å². The van der Waals surface area contributed by atoms with Crippen molar-refractivity contribution in [3.8, 4) is 0 Å². The monoisotopic (exact) mass is 436 g/mol. The molecule has 0 atom stereocenters. The molecular formula is C20H20N8O2S. The Hall–Kier alpha value is -3.73. The van der Waals surface area contributed by atoms with Gasteiger partial charge in [0.2, 0.25) is 11.8 Å². The minimum atomic E-state index is -0.163. The third-order valence-electron chi connectivity index (χ3n) is 4.46. The van der Waals surface area contributed by atoms with Crippen molar-refractivity contribution in [1.82, 2.24) is 29.8 Å². The van der Waals surface area contributed by atoms with Crippen LogP contribution in [-0.2, 0) is 23.2 Å². The fourth-order valence-corrected chi connectivity index (χ4v) is 3.67. The fourth-order valence-electron chi connectivity index (χ4n) is 2.94. The number of nitrogens with one attached hydrogen (secondary N) is 2. The number of carbonyl (C=O) groups is 2. The minimum absolute atomic E-state index is 0.145. The van der Waals surface area contributed by atoms with E-state index in [0.29, 0.717) is 28.9 Å². The summed E-state index contributed by atoms with van der Waals surface area (Å²) in [5, 5.41) is 22.9. The molecule has 0 aliphatic rings. The Bertz CT molecular complexity index is 1230. The Labute approximate surface area is 182 Å². The Morgan fingerprint density at radius 3 is 2.42 bits per heavy atom. The largest absolute Gasteiger partial charge is 0.326 e. The number of carbonyl (C=O) groups excluding carboxylic acids is 2. The van der Waals surface area contributed by atoms with Crippen molar-refractivity contribution in [2.75, 3.05) is 16.4 Å². The summed E-state index contributed by atoms with van der Waals surface area (Å²) in [6, 6.07) is 14.6. The molecule has 2 amide bonds. The van der Waals surface area contributed by atoms with Crippen molar-refractivity contribution in [3.63, 3.8) is 0 Å². The van der Waals surface area contributed by atoms with Crippen LogP contribution in [0.1, 0.15) is 12.7 Å². The first-order valence-corrected chi connectivity index (χ1v) is 10.4. The van der Waals surface area contributed by atoms with Gasteiger partial charge in [-0.1, -0.05) is 29.1 Å². The molecule has 4 rings (SSSR count). The minimum Gasteiger partial charge on any atom is -0.326 e. The highest BCUT2D eigenvalue weighted by Crippen LogP contribution is 2.19. The molecule has 10 nitrogen and oxygen atoms in total. The van der Waals surface area contributed by atoms with E-state index >= 15 is 0 Å². The second-order valence-corrected chi connectivity index (χ2v) is 7.73. The normalized spacial score (nSPS) is 10.9. The lowest BCUT2D eigenvalue weighted by Crippen LogP contribution is -2.15. The maximum Gasteiger partial charge on any atom is 0.234 e. The van der Waals surface area contributed by atoms with Gasteiger partial charge in [-0.15, -0.1) is 15.3 Å². The number of thioether (sulfide) groups is 1. The van der Waals surface area contributed by atoms with E-state index in [9.17, 15) is 9.59 Å². The van der Waals surface area contributed by atoms with Crippen LogP contribution in [0.25, 0.3) is 11.0 Å². The Morgan fingerprint density at radius 2 is 1.68 bits per heavy atom. The van der Waals surface area contributed by atoms with Crippen molar-refractivity contribution in [2.24, 2.45) is 7.05 Å². The second-order valence-electron chi connectivity index (χ2n) is 6.79. The highest BCUT2D eigenvalue weighted by Gasteiger charge is 2.14. The van der Waals surface area contributed by atoms with E-state index in [2.05, 4.69) is 31.1 Å². The van der Waals surface area contributed by atoms with E-state index in [1.807, 2.05) is 35.9 Å². The number of hydrogen-bond acceptors (Lipinski definition) is 7. The summed E-state index contributed by atoms with van der Waals surface area (Å²) in [6.07, 6.45) is 0. The summed E-state index contributed by atoms with van der Waals surface area (Å²) in [6.45, 7) is 1.87. The van der Waals surface area contributed by atoms with Crippen LogP contribution in [0.15, 0.2) is 53.7 Å². The molecule has 0 unspecified atom stereocenters. The molecule has 0 fully saturated rings. The molecule has 0 bridgehead atoms. The topological polar surface area (TPSA) is 120 Å². The lowest BCUT2D eigenvalue weighted by Gasteiger charge is -2.07. The first-order chi connectivity index (χ1) is 15.0. The van der Waals surface area contributed by atoms with Gasteiger partial charge in [-0.3, -0.25) is 9.59 Å². The zero-order chi connectivity index (χ0) is 21.8. The zero-order valence-electron chi connectivity index (χ0n) is 16.9. The number of amides is 2. The standard InChI is InChI=1S/C20H20N8O2S/c1-13(29)21-14-7-9-15(10-8-14)22-19(30)12-31-20-25-24-18(27(20)2)11-28-17-6-4-3-5-16(17)23-26-28/h3-10H,11-12H2,1-2H3,(H,21,29)(H,22,30). The Kier molecular flexibility index (Phi) is 5.94. The van der Waals surface area contributed by atoms with Crippen molar-refractivity contribution < 1.29 is 9.59 Å². The highest BCUT2D eigenvalue weighted by atomic mass is 32.2. The molecule has 2 aromatic carbocycles. The molecule has 11 heteroatoms. The van der Waals surface area contributed by atoms with Gasteiger partial charge in [0, 0.05) is 25.3 Å². The van der Waals surface area contributed by atoms with Gasteiger partial charge in [0.05, 0.1) is 11.3 Å². The molecule has 2 heterocycles. The van der Waals surface area contributed by atoms with Crippen molar-refractivity contribution in [2.45, 2.75) is 18.6 Å². The summed E-state index contributed by atoms with van der Waals surface area (Å²) in [4.78, 5) is 23.4. The molecule has 0 aliphatic carbocycles. The van der Waals surface area contributed by atoms with Crippen LogP contribution in [0.4, 0.5) is 11.4 Å². The first-order valence-electron chi connectivity index (χ1n) is 9.46. The predicted molar refractivity (Wildman–Crippen MR) is 118 cm³/mol. The summed E-state index contributed by atoms with van der Waals surface area (Å²) in [5.74, 6) is 0.593. The van der Waals surface area contributed by atoms with Crippen LogP contribution in [0, 0.1) is 0 Å². The van der Waals surface area contributed by atoms with E-state index in [4.69, 9.17) is 0 Å². The average molecular weight is 437 g/mol. The van der Waals surface area contributed by atoms with Crippen molar-refractivity contribution in [3.05, 3.63) is 54.4 Å². The first kappa shape index (κ1) is 20.5. The molecule has 0 saturated carbocycles. The van der Waals surface area contributed by atoms with Gasteiger partial charge >= 0.3 is 0 Å². The fraction of sp³-hybridized carbons (Fsp3) is 0.200. The molecule has 2 N–H and O–H groups in total. The molecular weight excluding hydrogens is 416 g/mol. The van der Waals surface area contributed by atoms with Gasteiger partial charge in [0.1, 0.15) is 12.1 Å². The summed E-state index contributed by atoms with van der Waals surface area (Å²) >= 11 is 1.30. The number of para-hydroxylation sites is 1. The van der Waals surface area contributed by atoms with Gasteiger partial charge in [-0.05, 0) is 36.4 Å². The number of hydrogen-bond donors (Lipinski definition) is 2. The average Bonchev–Trinajstić information content (AvgIpc) is 3.32. The predicted octanol–water partition coefficient (Wildman–Crippen LogP) is 2.30. The van der Waals surface area contributed by atoms with Crippen LogP contribution in [0.5, 0.6) is 0 Å². The maximum absolute atomic E-state index is 12.3. The molecule has 4 aromatic rings. The number of benzene rings is 2. The lowest BCUT2D eigenvalue weighted by atomic mass is 10.3. The molecule has 0 radical (unpaired) electrons. The molecule has 158 valence electrons. The number of anilines is 2. The van der Waals surface area contributed by atoms with Gasteiger partial charge in [0.15, 0.2) is 11.0 Å². The second kappa shape index (κ2) is 8.96. The molecule has 2 aromatic heterocycles. The maximum atomic E-state index is 12.3. The van der Waals surface area contributed by atoms with Crippen LogP contribution in [0.3, 0.4) is 0 Å².